The molecule has 0 saturated carbocycles. The van der Waals surface area contributed by atoms with E-state index in [1.807, 2.05) is 38.1 Å². The monoisotopic (exact) mass is 436 g/mol. The Labute approximate surface area is 167 Å². The van der Waals surface area contributed by atoms with E-state index in [2.05, 4.69) is 26.6 Å². The van der Waals surface area contributed by atoms with Gasteiger partial charge in [-0.3, -0.25) is 10.1 Å². The van der Waals surface area contributed by atoms with Crippen molar-refractivity contribution in [3.8, 4) is 11.5 Å². The number of thiocarbonyl (C=S) groups is 1. The molecule has 5 nitrogen and oxygen atoms in total. The van der Waals surface area contributed by atoms with Gasteiger partial charge in [0.1, 0.15) is 11.5 Å². The minimum atomic E-state index is -0.286. The number of carbonyl (C=O) groups is 1. The highest BCUT2D eigenvalue weighted by Crippen LogP contribution is 2.25. The van der Waals surface area contributed by atoms with Crippen LogP contribution in [-0.2, 0) is 6.54 Å². The summed E-state index contributed by atoms with van der Waals surface area (Å²) in [7, 11) is 1.57. The Bertz CT molecular complexity index is 779. The van der Waals surface area contributed by atoms with Gasteiger partial charge in [-0.25, -0.2) is 0 Å². The third-order valence-electron chi connectivity index (χ3n) is 3.39. The molecule has 0 spiro atoms. The van der Waals surface area contributed by atoms with E-state index >= 15 is 0 Å². The first-order valence-electron chi connectivity index (χ1n) is 8.07. The Kier molecular flexibility index (Phi) is 7.41. The van der Waals surface area contributed by atoms with Gasteiger partial charge < -0.3 is 14.8 Å². The van der Waals surface area contributed by atoms with Crippen molar-refractivity contribution in [2.75, 3.05) is 7.11 Å². The van der Waals surface area contributed by atoms with Gasteiger partial charge in [-0.1, -0.05) is 12.1 Å². The molecule has 7 heteroatoms. The normalized spacial score (nSPS) is 10.3. The molecule has 1 amide bonds. The van der Waals surface area contributed by atoms with Gasteiger partial charge in [-0.15, -0.1) is 0 Å². The minimum absolute atomic E-state index is 0.139. The van der Waals surface area contributed by atoms with Crippen LogP contribution in [0.1, 0.15) is 29.8 Å². The maximum Gasteiger partial charge on any atom is 0.257 e. The topological polar surface area (TPSA) is 59.6 Å². The number of carbonyl (C=O) groups excluding carboxylic acids is 1. The second-order valence-electron chi connectivity index (χ2n) is 5.80. The van der Waals surface area contributed by atoms with Crippen LogP contribution in [0.3, 0.4) is 0 Å². The molecular weight excluding hydrogens is 416 g/mol. The molecule has 0 aliphatic rings. The summed E-state index contributed by atoms with van der Waals surface area (Å²) in [5, 5.41) is 5.95. The van der Waals surface area contributed by atoms with E-state index in [1.54, 1.807) is 25.3 Å². The molecule has 138 valence electrons. The average Bonchev–Trinajstić information content (AvgIpc) is 2.60. The molecule has 0 bridgehead atoms. The van der Waals surface area contributed by atoms with E-state index < -0.39 is 0 Å². The Morgan fingerprint density at radius 3 is 2.46 bits per heavy atom. The molecule has 0 radical (unpaired) electrons. The zero-order valence-electron chi connectivity index (χ0n) is 14.8. The number of ether oxygens (including phenoxy) is 2. The van der Waals surface area contributed by atoms with Crippen LogP contribution in [0.25, 0.3) is 0 Å². The van der Waals surface area contributed by atoms with Gasteiger partial charge in [0.2, 0.25) is 0 Å². The minimum Gasteiger partial charge on any atom is -0.496 e. The van der Waals surface area contributed by atoms with Crippen LogP contribution in [-0.4, -0.2) is 24.2 Å². The highest BCUT2D eigenvalue weighted by atomic mass is 79.9. The standard InChI is InChI=1S/C19H21BrN2O3S/c1-12(2)25-15-7-4-13(5-8-15)11-21-19(26)22-18(23)14-6-9-17(24-3)16(20)10-14/h4-10,12H,11H2,1-3H3,(H2,21,22,23,26). The quantitative estimate of drug-likeness (QED) is 0.668. The maximum absolute atomic E-state index is 12.2. The maximum atomic E-state index is 12.2. The number of halogens is 1. The number of rotatable bonds is 6. The smallest absolute Gasteiger partial charge is 0.257 e. The zero-order chi connectivity index (χ0) is 19.1. The molecule has 0 fully saturated rings. The summed E-state index contributed by atoms with van der Waals surface area (Å²) in [5.41, 5.74) is 1.52. The van der Waals surface area contributed by atoms with Crippen LogP contribution < -0.4 is 20.1 Å². The van der Waals surface area contributed by atoms with Gasteiger partial charge in [0, 0.05) is 12.1 Å². The molecule has 0 unspecified atom stereocenters. The highest BCUT2D eigenvalue weighted by molar-refractivity contribution is 9.10. The molecule has 0 atom stereocenters. The van der Waals surface area contributed by atoms with Crippen LogP contribution in [0.2, 0.25) is 0 Å². The van der Waals surface area contributed by atoms with Crippen molar-refractivity contribution in [1.29, 1.82) is 0 Å². The Morgan fingerprint density at radius 2 is 1.88 bits per heavy atom. The lowest BCUT2D eigenvalue weighted by Gasteiger charge is -2.12. The van der Waals surface area contributed by atoms with Gasteiger partial charge in [0.15, 0.2) is 5.11 Å². The summed E-state index contributed by atoms with van der Waals surface area (Å²) >= 11 is 8.55. The molecule has 0 aliphatic carbocycles. The van der Waals surface area contributed by atoms with E-state index in [4.69, 9.17) is 21.7 Å². The van der Waals surface area contributed by atoms with Crippen molar-refractivity contribution in [2.45, 2.75) is 26.5 Å². The van der Waals surface area contributed by atoms with Crippen LogP contribution in [0, 0.1) is 0 Å². The number of methoxy groups -OCH3 is 1. The second kappa shape index (κ2) is 9.54. The predicted molar refractivity (Wildman–Crippen MR) is 110 cm³/mol. The van der Waals surface area contributed by atoms with Gasteiger partial charge in [-0.05, 0) is 77.9 Å². The molecule has 26 heavy (non-hydrogen) atoms. The summed E-state index contributed by atoms with van der Waals surface area (Å²) in [6, 6.07) is 12.8. The molecule has 0 heterocycles. The zero-order valence-corrected chi connectivity index (χ0v) is 17.2. The van der Waals surface area contributed by atoms with Crippen LogP contribution in [0.4, 0.5) is 0 Å². The van der Waals surface area contributed by atoms with E-state index in [0.29, 0.717) is 22.3 Å². The second-order valence-corrected chi connectivity index (χ2v) is 7.06. The molecule has 2 rings (SSSR count). The molecule has 0 aromatic heterocycles. The van der Waals surface area contributed by atoms with E-state index in [1.165, 1.54) is 0 Å². The summed E-state index contributed by atoms with van der Waals surface area (Å²) in [6.45, 7) is 4.48. The van der Waals surface area contributed by atoms with Crippen LogP contribution >= 0.6 is 28.1 Å². The van der Waals surface area contributed by atoms with Gasteiger partial charge in [-0.2, -0.15) is 0 Å². The van der Waals surface area contributed by atoms with Crippen molar-refractivity contribution in [1.82, 2.24) is 10.6 Å². The average molecular weight is 437 g/mol. The number of benzene rings is 2. The summed E-state index contributed by atoms with van der Waals surface area (Å²) < 4.78 is 11.5. The first-order chi connectivity index (χ1) is 12.4. The predicted octanol–water partition coefficient (Wildman–Crippen LogP) is 4.05. The number of hydrogen-bond acceptors (Lipinski definition) is 4. The molecule has 2 aromatic carbocycles. The van der Waals surface area contributed by atoms with E-state index in [-0.39, 0.29) is 17.1 Å². The van der Waals surface area contributed by atoms with Crippen LogP contribution in [0.5, 0.6) is 11.5 Å². The molecule has 0 saturated heterocycles. The third-order valence-corrected chi connectivity index (χ3v) is 4.26. The van der Waals surface area contributed by atoms with Gasteiger partial charge in [0.25, 0.3) is 5.91 Å². The number of hydrogen-bond donors (Lipinski definition) is 2. The van der Waals surface area contributed by atoms with Crippen LogP contribution in [0.15, 0.2) is 46.9 Å². The van der Waals surface area contributed by atoms with Crippen molar-refractivity contribution in [3.63, 3.8) is 0 Å². The van der Waals surface area contributed by atoms with E-state index in [9.17, 15) is 4.79 Å². The van der Waals surface area contributed by atoms with Gasteiger partial charge >= 0.3 is 0 Å². The first-order valence-corrected chi connectivity index (χ1v) is 9.27. The molecular formula is C19H21BrN2O3S. The molecule has 2 N–H and O–H groups in total. The Hall–Kier alpha value is -2.12. The third kappa shape index (κ3) is 6.00. The first kappa shape index (κ1) is 20.2. The lowest BCUT2D eigenvalue weighted by Crippen LogP contribution is -2.38. The van der Waals surface area contributed by atoms with Crippen molar-refractivity contribution < 1.29 is 14.3 Å². The number of amides is 1. The van der Waals surface area contributed by atoms with E-state index in [0.717, 1.165) is 11.3 Å². The van der Waals surface area contributed by atoms with Crippen molar-refractivity contribution in [3.05, 3.63) is 58.1 Å². The summed E-state index contributed by atoms with van der Waals surface area (Å²) in [4.78, 5) is 12.2. The fraction of sp³-hybridized carbons (Fsp3) is 0.263. The summed E-state index contributed by atoms with van der Waals surface area (Å²) in [5.74, 6) is 1.20. The van der Waals surface area contributed by atoms with Crippen molar-refractivity contribution >= 4 is 39.2 Å². The lowest BCUT2D eigenvalue weighted by molar-refractivity contribution is 0.0976. The summed E-state index contributed by atoms with van der Waals surface area (Å²) in [6.07, 6.45) is 0.139. The lowest BCUT2D eigenvalue weighted by atomic mass is 10.2. The number of nitrogens with one attached hydrogen (secondary N) is 2. The van der Waals surface area contributed by atoms with Gasteiger partial charge in [0.05, 0.1) is 17.7 Å². The largest absolute Gasteiger partial charge is 0.496 e. The molecule has 0 aliphatic heterocycles. The van der Waals surface area contributed by atoms with Crippen molar-refractivity contribution in [2.24, 2.45) is 0 Å². The Balaban J connectivity index is 1.86. The fourth-order valence-corrected chi connectivity index (χ4v) is 2.87. The highest BCUT2D eigenvalue weighted by Gasteiger charge is 2.10. The SMILES string of the molecule is COc1ccc(C(=O)NC(=S)NCc2ccc(OC(C)C)cc2)cc1Br. The fourth-order valence-electron chi connectivity index (χ4n) is 2.17. The molecule has 2 aromatic rings. The Morgan fingerprint density at radius 1 is 1.19 bits per heavy atom.